The predicted molar refractivity (Wildman–Crippen MR) is 130 cm³/mol. The summed E-state index contributed by atoms with van der Waals surface area (Å²) in [5, 5.41) is 7.74. The van der Waals surface area contributed by atoms with Crippen LogP contribution in [-0.2, 0) is 30.7 Å². The van der Waals surface area contributed by atoms with Gasteiger partial charge in [-0.1, -0.05) is 24.3 Å². The van der Waals surface area contributed by atoms with Crippen molar-refractivity contribution < 1.29 is 4.79 Å². The van der Waals surface area contributed by atoms with Crippen LogP contribution in [0, 0.1) is 25.7 Å². The first kappa shape index (κ1) is 23.0. The SMILES string of the molecule is CCn1nc(C)c(CN2CCC(Cc3ccc(CCC(=O)NCC4CC4)cc3)CC2)c1C. The number of carbonyl (C=O) groups excluding carboxylic acids is 1. The zero-order valence-electron chi connectivity index (χ0n) is 20.2. The number of carbonyl (C=O) groups is 1. The molecule has 2 fully saturated rings. The summed E-state index contributed by atoms with van der Waals surface area (Å²) in [6.07, 6.45) is 7.70. The fourth-order valence-electron chi connectivity index (χ4n) is 4.94. The van der Waals surface area contributed by atoms with Gasteiger partial charge in [0, 0.05) is 37.3 Å². The van der Waals surface area contributed by atoms with Crippen LogP contribution in [0.1, 0.15) is 67.1 Å². The van der Waals surface area contributed by atoms with E-state index in [1.807, 2.05) is 0 Å². The highest BCUT2D eigenvalue weighted by Crippen LogP contribution is 2.27. The van der Waals surface area contributed by atoms with Crippen molar-refractivity contribution >= 4 is 5.91 Å². The molecule has 1 saturated heterocycles. The maximum atomic E-state index is 12.0. The lowest BCUT2D eigenvalue weighted by Gasteiger charge is -2.32. The Kier molecular flexibility index (Phi) is 7.67. The van der Waals surface area contributed by atoms with Crippen molar-refractivity contribution in [3.05, 3.63) is 52.3 Å². The molecule has 1 aliphatic carbocycles. The third-order valence-electron chi connectivity index (χ3n) is 7.39. The third-order valence-corrected chi connectivity index (χ3v) is 7.39. The first-order chi connectivity index (χ1) is 15.5. The minimum atomic E-state index is 0.195. The Morgan fingerprint density at radius 1 is 1.03 bits per heavy atom. The summed E-state index contributed by atoms with van der Waals surface area (Å²) in [5.41, 5.74) is 6.63. The number of hydrogen-bond acceptors (Lipinski definition) is 3. The summed E-state index contributed by atoms with van der Waals surface area (Å²) < 4.78 is 2.13. The van der Waals surface area contributed by atoms with Gasteiger partial charge in [0.1, 0.15) is 0 Å². The van der Waals surface area contributed by atoms with Gasteiger partial charge in [-0.2, -0.15) is 5.10 Å². The topological polar surface area (TPSA) is 50.2 Å². The Labute approximate surface area is 193 Å². The van der Waals surface area contributed by atoms with Gasteiger partial charge in [-0.25, -0.2) is 0 Å². The number of benzene rings is 1. The molecule has 1 amide bonds. The van der Waals surface area contributed by atoms with Crippen molar-refractivity contribution in [2.75, 3.05) is 19.6 Å². The molecule has 32 heavy (non-hydrogen) atoms. The molecule has 1 aliphatic heterocycles. The van der Waals surface area contributed by atoms with Gasteiger partial charge < -0.3 is 5.32 Å². The fourth-order valence-corrected chi connectivity index (χ4v) is 4.94. The molecule has 2 heterocycles. The highest BCUT2D eigenvalue weighted by molar-refractivity contribution is 5.76. The Morgan fingerprint density at radius 2 is 1.72 bits per heavy atom. The number of amides is 1. The Balaban J connectivity index is 1.18. The van der Waals surface area contributed by atoms with E-state index in [4.69, 9.17) is 0 Å². The maximum absolute atomic E-state index is 12.0. The second-order valence-electron chi connectivity index (χ2n) is 9.95. The summed E-state index contributed by atoms with van der Waals surface area (Å²) in [5.74, 6) is 1.71. The molecule has 1 aromatic carbocycles. The molecule has 5 nitrogen and oxygen atoms in total. The monoisotopic (exact) mass is 436 g/mol. The number of rotatable bonds is 10. The molecule has 1 N–H and O–H groups in total. The minimum absolute atomic E-state index is 0.195. The molecule has 0 bridgehead atoms. The number of hydrogen-bond donors (Lipinski definition) is 1. The maximum Gasteiger partial charge on any atom is 0.220 e. The minimum Gasteiger partial charge on any atom is -0.356 e. The van der Waals surface area contributed by atoms with Gasteiger partial charge in [-0.15, -0.1) is 0 Å². The van der Waals surface area contributed by atoms with E-state index in [-0.39, 0.29) is 5.91 Å². The second kappa shape index (κ2) is 10.7. The lowest BCUT2D eigenvalue weighted by molar-refractivity contribution is -0.121. The molecule has 2 aliphatic rings. The van der Waals surface area contributed by atoms with Crippen LogP contribution in [0.3, 0.4) is 0 Å². The molecule has 1 aromatic heterocycles. The molecule has 5 heteroatoms. The first-order valence-corrected chi connectivity index (χ1v) is 12.6. The normalized spacial score (nSPS) is 17.6. The lowest BCUT2D eigenvalue weighted by atomic mass is 9.89. The van der Waals surface area contributed by atoms with Crippen molar-refractivity contribution in [3.63, 3.8) is 0 Å². The van der Waals surface area contributed by atoms with Crippen molar-refractivity contribution in [2.24, 2.45) is 11.8 Å². The number of nitrogens with zero attached hydrogens (tertiary/aromatic N) is 3. The smallest absolute Gasteiger partial charge is 0.220 e. The molecule has 0 radical (unpaired) electrons. The van der Waals surface area contributed by atoms with Gasteiger partial charge in [-0.3, -0.25) is 14.4 Å². The van der Waals surface area contributed by atoms with Gasteiger partial charge in [0.05, 0.1) is 5.69 Å². The Morgan fingerprint density at radius 3 is 2.34 bits per heavy atom. The van der Waals surface area contributed by atoms with E-state index < -0.39 is 0 Å². The van der Waals surface area contributed by atoms with Crippen LogP contribution in [0.2, 0.25) is 0 Å². The molecule has 2 aromatic rings. The van der Waals surface area contributed by atoms with Gasteiger partial charge >= 0.3 is 0 Å². The van der Waals surface area contributed by atoms with E-state index >= 15 is 0 Å². The van der Waals surface area contributed by atoms with E-state index in [2.05, 4.69) is 65.0 Å². The molecule has 4 rings (SSSR count). The van der Waals surface area contributed by atoms with Crippen LogP contribution in [0.25, 0.3) is 0 Å². The van der Waals surface area contributed by atoms with E-state index in [9.17, 15) is 4.79 Å². The van der Waals surface area contributed by atoms with Gasteiger partial charge in [0.2, 0.25) is 5.91 Å². The van der Waals surface area contributed by atoms with E-state index in [0.717, 1.165) is 37.9 Å². The first-order valence-electron chi connectivity index (χ1n) is 12.6. The Hall–Kier alpha value is -2.14. The van der Waals surface area contributed by atoms with Crippen molar-refractivity contribution in [3.8, 4) is 0 Å². The van der Waals surface area contributed by atoms with Crippen LogP contribution in [-0.4, -0.2) is 40.2 Å². The summed E-state index contributed by atoms with van der Waals surface area (Å²) in [7, 11) is 0. The van der Waals surface area contributed by atoms with Crippen molar-refractivity contribution in [2.45, 2.75) is 78.8 Å². The van der Waals surface area contributed by atoms with Gasteiger partial charge in [0.15, 0.2) is 0 Å². The predicted octanol–water partition coefficient (Wildman–Crippen LogP) is 4.43. The number of aryl methyl sites for hydroxylation is 3. The highest BCUT2D eigenvalue weighted by atomic mass is 16.1. The summed E-state index contributed by atoms with van der Waals surface area (Å²) in [6, 6.07) is 8.98. The number of nitrogens with one attached hydrogen (secondary N) is 1. The van der Waals surface area contributed by atoms with E-state index in [1.54, 1.807) is 0 Å². The molecule has 174 valence electrons. The summed E-state index contributed by atoms with van der Waals surface area (Å²) >= 11 is 0. The molecule has 0 atom stereocenters. The van der Waals surface area contributed by atoms with Crippen molar-refractivity contribution in [1.29, 1.82) is 0 Å². The zero-order chi connectivity index (χ0) is 22.5. The van der Waals surface area contributed by atoms with E-state index in [0.29, 0.717) is 6.42 Å². The summed E-state index contributed by atoms with van der Waals surface area (Å²) in [4.78, 5) is 14.6. The van der Waals surface area contributed by atoms with E-state index in [1.165, 1.54) is 73.3 Å². The van der Waals surface area contributed by atoms with Crippen LogP contribution in [0.5, 0.6) is 0 Å². The fraction of sp³-hybridized carbons (Fsp3) is 0.630. The average molecular weight is 437 g/mol. The van der Waals surface area contributed by atoms with Crippen LogP contribution >= 0.6 is 0 Å². The summed E-state index contributed by atoms with van der Waals surface area (Å²) in [6.45, 7) is 11.7. The zero-order valence-corrected chi connectivity index (χ0v) is 20.2. The largest absolute Gasteiger partial charge is 0.356 e. The van der Waals surface area contributed by atoms with Crippen LogP contribution in [0.15, 0.2) is 24.3 Å². The van der Waals surface area contributed by atoms with Crippen molar-refractivity contribution in [1.82, 2.24) is 20.0 Å². The molecule has 0 unspecified atom stereocenters. The number of piperidine rings is 1. The van der Waals surface area contributed by atoms with Crippen LogP contribution in [0.4, 0.5) is 0 Å². The highest BCUT2D eigenvalue weighted by Gasteiger charge is 2.22. The van der Waals surface area contributed by atoms with Gasteiger partial charge in [-0.05, 0) is 95.3 Å². The second-order valence-corrected chi connectivity index (χ2v) is 9.95. The van der Waals surface area contributed by atoms with Gasteiger partial charge in [0.25, 0.3) is 0 Å². The Bertz CT molecular complexity index is 889. The van der Waals surface area contributed by atoms with Crippen LogP contribution < -0.4 is 5.32 Å². The molecule has 0 spiro atoms. The standard InChI is InChI=1S/C27H40N4O/c1-4-31-21(3)26(20(2)29-31)19-30-15-13-24(14-16-30)17-23-7-5-22(6-8-23)11-12-27(32)28-18-25-9-10-25/h5-8,24-25H,4,9-19H2,1-3H3,(H,28,32). The number of likely N-dealkylation sites (tertiary alicyclic amines) is 1. The third kappa shape index (κ3) is 6.22. The quantitative estimate of drug-likeness (QED) is 0.599. The average Bonchev–Trinajstić information content (AvgIpc) is 3.60. The molecular weight excluding hydrogens is 396 g/mol. The lowest BCUT2D eigenvalue weighted by Crippen LogP contribution is -2.34. The molecular formula is C27H40N4O. The molecule has 1 saturated carbocycles. The number of aromatic nitrogens is 2.